The van der Waals surface area contributed by atoms with Gasteiger partial charge in [0.15, 0.2) is 5.75 Å². The van der Waals surface area contributed by atoms with Crippen LogP contribution in [0.2, 0.25) is 0 Å². The van der Waals surface area contributed by atoms with Crippen molar-refractivity contribution in [1.82, 2.24) is 5.32 Å². The van der Waals surface area contributed by atoms with Crippen LogP contribution in [0.4, 0.5) is 5.69 Å². The van der Waals surface area contributed by atoms with Crippen molar-refractivity contribution >= 4 is 5.69 Å². The van der Waals surface area contributed by atoms with Gasteiger partial charge in [-0.2, -0.15) is 0 Å². The molecule has 0 saturated carbocycles. The van der Waals surface area contributed by atoms with Crippen molar-refractivity contribution in [3.63, 3.8) is 0 Å². The van der Waals surface area contributed by atoms with Crippen LogP contribution in [0.1, 0.15) is 20.8 Å². The smallest absolute Gasteiger partial charge is 0.310 e. The Morgan fingerprint density at radius 3 is 2.59 bits per heavy atom. The average Bonchev–Trinajstić information content (AvgIpc) is 2.23. The summed E-state index contributed by atoms with van der Waals surface area (Å²) in [7, 11) is 0. The Morgan fingerprint density at radius 2 is 2.00 bits per heavy atom. The molecule has 0 spiro atoms. The Labute approximate surface area is 101 Å². The van der Waals surface area contributed by atoms with E-state index in [1.54, 1.807) is 18.2 Å². The molecular weight excluding hydrogens is 220 g/mol. The molecule has 0 aliphatic carbocycles. The number of hydrogen-bond acceptors (Lipinski definition) is 4. The normalized spacial score (nSPS) is 11.2. The van der Waals surface area contributed by atoms with Gasteiger partial charge < -0.3 is 10.1 Å². The Hall–Kier alpha value is -1.62. The van der Waals surface area contributed by atoms with Crippen LogP contribution in [-0.2, 0) is 0 Å². The molecule has 0 aromatic heterocycles. The third-order valence-corrected chi connectivity index (χ3v) is 2.08. The molecule has 17 heavy (non-hydrogen) atoms. The molecule has 0 amide bonds. The van der Waals surface area contributed by atoms with Crippen LogP contribution in [-0.4, -0.2) is 23.6 Å². The van der Waals surface area contributed by atoms with E-state index in [4.69, 9.17) is 4.74 Å². The molecule has 5 nitrogen and oxygen atoms in total. The zero-order valence-corrected chi connectivity index (χ0v) is 10.4. The van der Waals surface area contributed by atoms with Crippen molar-refractivity contribution in [1.29, 1.82) is 0 Å². The summed E-state index contributed by atoms with van der Waals surface area (Å²) in [6, 6.07) is 6.39. The van der Waals surface area contributed by atoms with Gasteiger partial charge in [0.05, 0.1) is 4.92 Å². The van der Waals surface area contributed by atoms with Gasteiger partial charge in [-0.3, -0.25) is 10.1 Å². The lowest BCUT2D eigenvalue weighted by Gasteiger charge is -2.20. The van der Waals surface area contributed by atoms with Crippen molar-refractivity contribution in [2.45, 2.75) is 26.3 Å². The summed E-state index contributed by atoms with van der Waals surface area (Å²) in [4.78, 5) is 10.3. The third-order valence-electron chi connectivity index (χ3n) is 2.08. The van der Waals surface area contributed by atoms with E-state index in [9.17, 15) is 10.1 Å². The highest BCUT2D eigenvalue weighted by Crippen LogP contribution is 2.25. The molecule has 0 atom stereocenters. The van der Waals surface area contributed by atoms with Crippen LogP contribution in [0.15, 0.2) is 24.3 Å². The van der Waals surface area contributed by atoms with E-state index in [0.717, 1.165) is 0 Å². The lowest BCUT2D eigenvalue weighted by molar-refractivity contribution is -0.385. The monoisotopic (exact) mass is 238 g/mol. The van der Waals surface area contributed by atoms with E-state index in [1.807, 2.05) is 0 Å². The minimum atomic E-state index is -0.438. The number of ether oxygens (including phenoxy) is 1. The first-order chi connectivity index (χ1) is 7.90. The number of nitrogens with zero attached hydrogens (tertiary/aromatic N) is 1. The van der Waals surface area contributed by atoms with Crippen molar-refractivity contribution in [2.24, 2.45) is 0 Å². The summed E-state index contributed by atoms with van der Waals surface area (Å²) < 4.78 is 5.39. The minimum Gasteiger partial charge on any atom is -0.485 e. The molecule has 1 aromatic rings. The predicted molar refractivity (Wildman–Crippen MR) is 66.3 cm³/mol. The zero-order valence-electron chi connectivity index (χ0n) is 10.4. The molecule has 0 heterocycles. The fraction of sp³-hybridized carbons (Fsp3) is 0.500. The highest BCUT2D eigenvalue weighted by atomic mass is 16.6. The van der Waals surface area contributed by atoms with Crippen molar-refractivity contribution in [2.75, 3.05) is 13.2 Å². The Morgan fingerprint density at radius 1 is 1.35 bits per heavy atom. The SMILES string of the molecule is CC(C)(C)NCCOc1ccccc1[N+](=O)[O-]. The van der Waals surface area contributed by atoms with Crippen LogP contribution >= 0.6 is 0 Å². The van der Waals surface area contributed by atoms with Gasteiger partial charge in [-0.1, -0.05) is 12.1 Å². The van der Waals surface area contributed by atoms with Gasteiger partial charge in [0, 0.05) is 18.2 Å². The summed E-state index contributed by atoms with van der Waals surface area (Å²) >= 11 is 0. The molecule has 1 rings (SSSR count). The summed E-state index contributed by atoms with van der Waals surface area (Å²) in [5, 5.41) is 14.0. The van der Waals surface area contributed by atoms with Gasteiger partial charge in [0.1, 0.15) is 6.61 Å². The van der Waals surface area contributed by atoms with E-state index in [0.29, 0.717) is 18.9 Å². The number of hydrogen-bond donors (Lipinski definition) is 1. The molecule has 0 unspecified atom stereocenters. The van der Waals surface area contributed by atoms with Crippen LogP contribution in [0, 0.1) is 10.1 Å². The van der Waals surface area contributed by atoms with Gasteiger partial charge in [-0.05, 0) is 26.8 Å². The first kappa shape index (κ1) is 13.4. The molecule has 0 fully saturated rings. The Balaban J connectivity index is 2.49. The quantitative estimate of drug-likeness (QED) is 0.486. The lowest BCUT2D eigenvalue weighted by Crippen LogP contribution is -2.38. The van der Waals surface area contributed by atoms with E-state index < -0.39 is 4.92 Å². The predicted octanol–water partition coefficient (Wildman–Crippen LogP) is 2.36. The number of rotatable bonds is 5. The number of para-hydroxylation sites is 2. The zero-order chi connectivity index (χ0) is 12.9. The summed E-state index contributed by atoms with van der Waals surface area (Å²) in [5.74, 6) is 0.313. The summed E-state index contributed by atoms with van der Waals surface area (Å²) in [5.41, 5.74) is 0.0228. The maximum atomic E-state index is 10.7. The van der Waals surface area contributed by atoms with E-state index >= 15 is 0 Å². The molecule has 0 aliphatic rings. The van der Waals surface area contributed by atoms with Gasteiger partial charge in [-0.15, -0.1) is 0 Å². The van der Waals surface area contributed by atoms with Crippen LogP contribution in [0.5, 0.6) is 5.75 Å². The molecule has 0 bridgehead atoms. The highest BCUT2D eigenvalue weighted by Gasteiger charge is 2.13. The molecule has 0 aliphatic heterocycles. The maximum Gasteiger partial charge on any atom is 0.310 e. The average molecular weight is 238 g/mol. The molecule has 1 aromatic carbocycles. The molecule has 0 radical (unpaired) electrons. The lowest BCUT2D eigenvalue weighted by atomic mass is 10.1. The van der Waals surface area contributed by atoms with Crippen LogP contribution in [0.25, 0.3) is 0 Å². The Bertz CT molecular complexity index is 386. The second kappa shape index (κ2) is 5.63. The second-order valence-electron chi connectivity index (χ2n) is 4.75. The van der Waals surface area contributed by atoms with E-state index in [1.165, 1.54) is 6.07 Å². The molecule has 94 valence electrons. The molecular formula is C12H18N2O3. The molecule has 5 heteroatoms. The van der Waals surface area contributed by atoms with Crippen molar-refractivity contribution in [3.05, 3.63) is 34.4 Å². The topological polar surface area (TPSA) is 64.4 Å². The molecule has 0 saturated heterocycles. The fourth-order valence-electron chi connectivity index (χ4n) is 1.32. The number of nitro groups is 1. The Kier molecular flexibility index (Phi) is 4.45. The van der Waals surface area contributed by atoms with Crippen molar-refractivity contribution in [3.8, 4) is 5.75 Å². The van der Waals surface area contributed by atoms with Crippen LogP contribution < -0.4 is 10.1 Å². The second-order valence-corrected chi connectivity index (χ2v) is 4.75. The molecule has 1 N–H and O–H groups in total. The largest absolute Gasteiger partial charge is 0.485 e. The van der Waals surface area contributed by atoms with Gasteiger partial charge in [-0.25, -0.2) is 0 Å². The standard InChI is InChI=1S/C12H18N2O3/c1-12(2,3)13-8-9-17-11-7-5-4-6-10(11)14(15)16/h4-7,13H,8-9H2,1-3H3. The summed E-state index contributed by atoms with van der Waals surface area (Å²) in [6.07, 6.45) is 0. The first-order valence-electron chi connectivity index (χ1n) is 5.51. The van der Waals surface area contributed by atoms with Crippen LogP contribution in [0.3, 0.4) is 0 Å². The minimum absolute atomic E-state index is 0.00302. The van der Waals surface area contributed by atoms with Gasteiger partial charge in [0.25, 0.3) is 0 Å². The highest BCUT2D eigenvalue weighted by molar-refractivity contribution is 5.45. The third kappa shape index (κ3) is 4.82. The van der Waals surface area contributed by atoms with Gasteiger partial charge >= 0.3 is 5.69 Å². The van der Waals surface area contributed by atoms with E-state index in [-0.39, 0.29) is 11.2 Å². The fourth-order valence-corrected chi connectivity index (χ4v) is 1.32. The first-order valence-corrected chi connectivity index (χ1v) is 5.51. The number of nitro benzene ring substituents is 1. The number of benzene rings is 1. The summed E-state index contributed by atoms with van der Waals surface area (Å²) in [6.45, 7) is 7.21. The van der Waals surface area contributed by atoms with Gasteiger partial charge in [0.2, 0.25) is 0 Å². The number of nitrogens with one attached hydrogen (secondary N) is 1. The van der Waals surface area contributed by atoms with E-state index in [2.05, 4.69) is 26.1 Å². The maximum absolute atomic E-state index is 10.7. The van der Waals surface area contributed by atoms with Crippen molar-refractivity contribution < 1.29 is 9.66 Å².